The first-order valence-corrected chi connectivity index (χ1v) is 7.84. The van der Waals surface area contributed by atoms with Gasteiger partial charge in [0.15, 0.2) is 0 Å². The lowest BCUT2D eigenvalue weighted by molar-refractivity contribution is 0.540. The largest absolute Gasteiger partial charge is 0.324 e. The number of aromatic nitrogens is 2. The fourth-order valence-corrected chi connectivity index (χ4v) is 2.99. The van der Waals surface area contributed by atoms with Crippen molar-refractivity contribution < 1.29 is 0 Å². The molecule has 0 bridgehead atoms. The first kappa shape index (κ1) is 14.8. The molecule has 2 aromatic carbocycles. The summed E-state index contributed by atoms with van der Waals surface area (Å²) in [4.78, 5) is 4.83. The first-order chi connectivity index (χ1) is 10.6. The molecule has 114 valence electrons. The molecule has 0 spiro atoms. The number of fused-ring (bicyclic) bond motifs is 1. The van der Waals surface area contributed by atoms with Crippen molar-refractivity contribution >= 4 is 11.0 Å². The van der Waals surface area contributed by atoms with Gasteiger partial charge >= 0.3 is 0 Å². The van der Waals surface area contributed by atoms with Crippen LogP contribution < -0.4 is 5.73 Å². The van der Waals surface area contributed by atoms with E-state index >= 15 is 0 Å². The molecule has 0 saturated carbocycles. The molecule has 22 heavy (non-hydrogen) atoms. The second kappa shape index (κ2) is 5.93. The van der Waals surface area contributed by atoms with Gasteiger partial charge in [0.25, 0.3) is 0 Å². The van der Waals surface area contributed by atoms with Gasteiger partial charge in [-0.3, -0.25) is 0 Å². The number of aryl methyl sites for hydroxylation is 1. The Morgan fingerprint density at radius 1 is 1.09 bits per heavy atom. The van der Waals surface area contributed by atoms with Crippen molar-refractivity contribution in [2.45, 2.75) is 39.3 Å². The van der Waals surface area contributed by atoms with E-state index in [1.54, 1.807) is 0 Å². The Labute approximate surface area is 131 Å². The minimum atomic E-state index is -0.0995. The van der Waals surface area contributed by atoms with Gasteiger partial charge in [0.1, 0.15) is 5.82 Å². The summed E-state index contributed by atoms with van der Waals surface area (Å²) in [7, 11) is 0. The van der Waals surface area contributed by atoms with Crippen LogP contribution in [0.25, 0.3) is 11.0 Å². The maximum atomic E-state index is 6.48. The molecule has 0 amide bonds. The quantitative estimate of drug-likeness (QED) is 0.784. The number of rotatable bonds is 4. The van der Waals surface area contributed by atoms with E-state index in [2.05, 4.69) is 67.8 Å². The number of imidazole rings is 1. The average molecular weight is 293 g/mol. The van der Waals surface area contributed by atoms with Crippen molar-refractivity contribution in [3.05, 3.63) is 65.5 Å². The van der Waals surface area contributed by atoms with Crippen molar-refractivity contribution in [1.82, 2.24) is 9.55 Å². The van der Waals surface area contributed by atoms with Crippen LogP contribution in [0, 0.1) is 6.92 Å². The Balaban J connectivity index is 2.03. The van der Waals surface area contributed by atoms with Crippen LogP contribution in [0.4, 0.5) is 0 Å². The summed E-state index contributed by atoms with van der Waals surface area (Å²) in [5, 5.41) is 0. The number of benzene rings is 2. The van der Waals surface area contributed by atoms with Gasteiger partial charge in [-0.1, -0.05) is 36.4 Å². The Bertz CT molecular complexity index is 772. The smallest absolute Gasteiger partial charge is 0.127 e. The molecule has 3 aromatic rings. The van der Waals surface area contributed by atoms with Gasteiger partial charge in [0, 0.05) is 6.04 Å². The van der Waals surface area contributed by atoms with Gasteiger partial charge < -0.3 is 10.3 Å². The van der Waals surface area contributed by atoms with Gasteiger partial charge in [-0.2, -0.15) is 0 Å². The summed E-state index contributed by atoms with van der Waals surface area (Å²) in [6.45, 7) is 6.46. The highest BCUT2D eigenvalue weighted by molar-refractivity contribution is 5.77. The highest BCUT2D eigenvalue weighted by Crippen LogP contribution is 2.26. The third-order valence-electron chi connectivity index (χ3n) is 4.02. The van der Waals surface area contributed by atoms with Crippen LogP contribution in [-0.4, -0.2) is 9.55 Å². The van der Waals surface area contributed by atoms with Gasteiger partial charge in [0.2, 0.25) is 0 Å². The topological polar surface area (TPSA) is 43.8 Å². The molecule has 1 aromatic heterocycles. The van der Waals surface area contributed by atoms with E-state index in [0.29, 0.717) is 6.04 Å². The molecule has 3 heteroatoms. The van der Waals surface area contributed by atoms with Crippen LogP contribution in [-0.2, 0) is 6.42 Å². The van der Waals surface area contributed by atoms with E-state index in [1.165, 1.54) is 16.6 Å². The molecule has 1 unspecified atom stereocenters. The number of hydrogen-bond donors (Lipinski definition) is 1. The molecular formula is C19H23N3. The molecule has 0 fully saturated rings. The molecule has 0 aliphatic carbocycles. The summed E-state index contributed by atoms with van der Waals surface area (Å²) in [5.41, 5.74) is 11.2. The third kappa shape index (κ3) is 2.77. The Kier molecular flexibility index (Phi) is 3.99. The molecule has 2 N–H and O–H groups in total. The molecule has 0 aliphatic heterocycles. The lowest BCUT2D eigenvalue weighted by Gasteiger charge is -2.17. The fourth-order valence-electron chi connectivity index (χ4n) is 2.99. The van der Waals surface area contributed by atoms with Gasteiger partial charge in [0.05, 0.1) is 17.1 Å². The molecule has 0 radical (unpaired) electrons. The normalized spacial score (nSPS) is 13.0. The minimum absolute atomic E-state index is 0.0995. The predicted molar refractivity (Wildman–Crippen MR) is 91.9 cm³/mol. The molecule has 0 saturated heterocycles. The molecule has 1 heterocycles. The van der Waals surface area contributed by atoms with Crippen molar-refractivity contribution in [1.29, 1.82) is 0 Å². The first-order valence-electron chi connectivity index (χ1n) is 7.84. The van der Waals surface area contributed by atoms with Crippen molar-refractivity contribution in [2.75, 3.05) is 0 Å². The van der Waals surface area contributed by atoms with Crippen LogP contribution >= 0.6 is 0 Å². The zero-order valence-corrected chi connectivity index (χ0v) is 13.5. The van der Waals surface area contributed by atoms with Crippen molar-refractivity contribution in [3.8, 4) is 0 Å². The maximum absolute atomic E-state index is 6.48. The summed E-state index contributed by atoms with van der Waals surface area (Å²) in [6.07, 6.45) is 0.801. The van der Waals surface area contributed by atoms with Crippen LogP contribution in [0.1, 0.15) is 42.9 Å². The molecule has 3 rings (SSSR count). The van der Waals surface area contributed by atoms with E-state index in [9.17, 15) is 0 Å². The summed E-state index contributed by atoms with van der Waals surface area (Å²) >= 11 is 0. The van der Waals surface area contributed by atoms with Gasteiger partial charge in [-0.05, 0) is 50.5 Å². The summed E-state index contributed by atoms with van der Waals surface area (Å²) in [6, 6.07) is 17.0. The highest BCUT2D eigenvalue weighted by atomic mass is 15.1. The zero-order chi connectivity index (χ0) is 15.7. The summed E-state index contributed by atoms with van der Waals surface area (Å²) in [5.74, 6) is 0.972. The van der Waals surface area contributed by atoms with Crippen LogP contribution in [0.15, 0.2) is 48.5 Å². The van der Waals surface area contributed by atoms with Crippen LogP contribution in [0.3, 0.4) is 0 Å². The van der Waals surface area contributed by atoms with Gasteiger partial charge in [-0.15, -0.1) is 0 Å². The zero-order valence-electron chi connectivity index (χ0n) is 13.5. The third-order valence-corrected chi connectivity index (χ3v) is 4.02. The number of hydrogen-bond acceptors (Lipinski definition) is 2. The predicted octanol–water partition coefficient (Wildman–Crippen LogP) is 4.17. The van der Waals surface area contributed by atoms with Gasteiger partial charge in [-0.25, -0.2) is 4.98 Å². The van der Waals surface area contributed by atoms with Crippen LogP contribution in [0.5, 0.6) is 0 Å². The lowest BCUT2D eigenvalue weighted by Crippen LogP contribution is -2.20. The van der Waals surface area contributed by atoms with E-state index in [1.807, 2.05) is 6.07 Å². The minimum Gasteiger partial charge on any atom is -0.324 e. The van der Waals surface area contributed by atoms with E-state index in [4.69, 9.17) is 10.7 Å². The Morgan fingerprint density at radius 2 is 1.82 bits per heavy atom. The second-order valence-corrected chi connectivity index (χ2v) is 6.22. The van der Waals surface area contributed by atoms with Crippen molar-refractivity contribution in [2.24, 2.45) is 5.73 Å². The van der Waals surface area contributed by atoms with E-state index in [-0.39, 0.29) is 6.04 Å². The maximum Gasteiger partial charge on any atom is 0.127 e. The standard InChI is InChI=1S/C19H23N3/c1-13(2)22-18-10-9-14(3)11-17(18)21-19(22)16(20)12-15-7-5-4-6-8-15/h4-11,13,16H,12,20H2,1-3H3. The summed E-state index contributed by atoms with van der Waals surface area (Å²) < 4.78 is 2.27. The highest BCUT2D eigenvalue weighted by Gasteiger charge is 2.19. The SMILES string of the molecule is Cc1ccc2c(c1)nc(C(N)Cc1ccccc1)n2C(C)C. The average Bonchev–Trinajstić information content (AvgIpc) is 2.87. The number of nitrogens with zero attached hydrogens (tertiary/aromatic N) is 2. The molecular weight excluding hydrogens is 270 g/mol. The molecule has 0 aliphatic rings. The van der Waals surface area contributed by atoms with E-state index in [0.717, 1.165) is 17.8 Å². The molecule has 1 atom stereocenters. The molecule has 3 nitrogen and oxygen atoms in total. The Hall–Kier alpha value is -2.13. The van der Waals surface area contributed by atoms with Crippen LogP contribution in [0.2, 0.25) is 0 Å². The monoisotopic (exact) mass is 293 g/mol. The fraction of sp³-hybridized carbons (Fsp3) is 0.316. The lowest BCUT2D eigenvalue weighted by atomic mass is 10.1. The van der Waals surface area contributed by atoms with Crippen molar-refractivity contribution in [3.63, 3.8) is 0 Å². The second-order valence-electron chi connectivity index (χ2n) is 6.22. The van der Waals surface area contributed by atoms with E-state index < -0.39 is 0 Å². The number of nitrogens with two attached hydrogens (primary N) is 1. The Morgan fingerprint density at radius 3 is 2.50 bits per heavy atom.